The van der Waals surface area contributed by atoms with Crippen LogP contribution in [0.2, 0.25) is 0 Å². The number of nitrogens with zero attached hydrogens (tertiary/aromatic N) is 6. The largest absolute Gasteiger partial charge is 0.486 e. The number of rotatable bonds is 8. The van der Waals surface area contributed by atoms with Gasteiger partial charge in [0.05, 0.1) is 5.75 Å². The van der Waals surface area contributed by atoms with Crippen LogP contribution in [0.15, 0.2) is 42.1 Å². The molecule has 140 valence electrons. The summed E-state index contributed by atoms with van der Waals surface area (Å²) in [6, 6.07) is 7.85. The minimum Gasteiger partial charge on any atom is -0.486 e. The van der Waals surface area contributed by atoms with E-state index in [2.05, 4.69) is 31.7 Å². The van der Waals surface area contributed by atoms with Crippen molar-refractivity contribution in [2.24, 2.45) is 0 Å². The molecule has 0 aliphatic heterocycles. The van der Waals surface area contributed by atoms with E-state index in [4.69, 9.17) is 16.2 Å². The highest BCUT2D eigenvalue weighted by molar-refractivity contribution is 7.98. The summed E-state index contributed by atoms with van der Waals surface area (Å²) in [4.78, 5) is 11.9. The molecule has 3 aromatic rings. The van der Waals surface area contributed by atoms with Crippen LogP contribution in [0.3, 0.4) is 0 Å². The second kappa shape index (κ2) is 8.49. The molecule has 9 nitrogen and oxygen atoms in total. The molecule has 27 heavy (non-hydrogen) atoms. The molecule has 0 amide bonds. The first kappa shape index (κ1) is 18.6. The van der Waals surface area contributed by atoms with E-state index in [9.17, 15) is 0 Å². The van der Waals surface area contributed by atoms with E-state index in [1.807, 2.05) is 35.8 Å². The number of allylic oxidation sites excluding steroid dienone is 1. The average Bonchev–Trinajstić information content (AvgIpc) is 3.00. The molecular weight excluding hydrogens is 364 g/mol. The zero-order valence-corrected chi connectivity index (χ0v) is 15.7. The summed E-state index contributed by atoms with van der Waals surface area (Å²) in [7, 11) is 0. The predicted octanol–water partition coefficient (Wildman–Crippen LogP) is 1.99. The molecule has 0 saturated carbocycles. The third kappa shape index (κ3) is 4.94. The van der Waals surface area contributed by atoms with Gasteiger partial charge in [-0.15, -0.1) is 16.8 Å². The maximum atomic E-state index is 5.83. The number of aromatic nitrogens is 6. The van der Waals surface area contributed by atoms with Crippen LogP contribution in [0.1, 0.15) is 17.2 Å². The summed E-state index contributed by atoms with van der Waals surface area (Å²) in [6.07, 6.45) is 1.78. The third-order valence-corrected chi connectivity index (χ3v) is 4.47. The molecule has 1 aromatic carbocycles. The fourth-order valence-electron chi connectivity index (χ4n) is 2.35. The van der Waals surface area contributed by atoms with Crippen LogP contribution in [0.4, 0.5) is 11.9 Å². The van der Waals surface area contributed by atoms with E-state index >= 15 is 0 Å². The Morgan fingerprint density at radius 2 is 1.96 bits per heavy atom. The highest BCUT2D eigenvalue weighted by Gasteiger charge is 2.14. The molecule has 2 aromatic heterocycles. The van der Waals surface area contributed by atoms with Crippen LogP contribution in [0.25, 0.3) is 0 Å². The van der Waals surface area contributed by atoms with E-state index in [0.29, 0.717) is 35.7 Å². The Hall–Kier alpha value is -3.14. The molecular formula is C17H20N8OS. The van der Waals surface area contributed by atoms with Gasteiger partial charge in [0.15, 0.2) is 11.0 Å². The smallest absolute Gasteiger partial charge is 0.225 e. The van der Waals surface area contributed by atoms with E-state index in [1.165, 1.54) is 11.8 Å². The van der Waals surface area contributed by atoms with Crippen LogP contribution >= 0.6 is 11.8 Å². The number of nitrogens with two attached hydrogens (primary N) is 2. The summed E-state index contributed by atoms with van der Waals surface area (Å²) < 4.78 is 7.77. The van der Waals surface area contributed by atoms with Crippen LogP contribution < -0.4 is 16.2 Å². The number of anilines is 2. The molecule has 10 heteroatoms. The van der Waals surface area contributed by atoms with Crippen molar-refractivity contribution >= 4 is 23.7 Å². The average molecular weight is 384 g/mol. The third-order valence-electron chi connectivity index (χ3n) is 3.51. The molecule has 0 fully saturated rings. The second-order valence-corrected chi connectivity index (χ2v) is 6.60. The number of nitrogen functional groups attached to an aromatic ring is 2. The van der Waals surface area contributed by atoms with Gasteiger partial charge in [-0.05, 0) is 24.6 Å². The minimum atomic E-state index is 0.0953. The van der Waals surface area contributed by atoms with Crippen molar-refractivity contribution in [3.05, 3.63) is 54.1 Å². The molecule has 0 radical (unpaired) electrons. The zero-order chi connectivity index (χ0) is 19.2. The van der Waals surface area contributed by atoms with Crippen LogP contribution in [0.5, 0.6) is 5.75 Å². The van der Waals surface area contributed by atoms with Crippen molar-refractivity contribution in [2.75, 3.05) is 11.5 Å². The lowest BCUT2D eigenvalue weighted by Gasteiger charge is -2.09. The Bertz CT molecular complexity index is 922. The highest BCUT2D eigenvalue weighted by atomic mass is 32.2. The topological polar surface area (TPSA) is 131 Å². The number of hydrogen-bond donors (Lipinski definition) is 2. The van der Waals surface area contributed by atoms with Crippen LogP contribution in [0, 0.1) is 6.92 Å². The molecule has 0 bridgehead atoms. The minimum absolute atomic E-state index is 0.0953. The van der Waals surface area contributed by atoms with E-state index < -0.39 is 0 Å². The van der Waals surface area contributed by atoms with Gasteiger partial charge in [-0.25, -0.2) is 0 Å². The van der Waals surface area contributed by atoms with Gasteiger partial charge in [-0.2, -0.15) is 15.0 Å². The SMILES string of the molecule is C=CCn1c(COc2cccc(C)c2)nnc1SCc1nc(N)nc(N)n1. The van der Waals surface area contributed by atoms with E-state index in [1.54, 1.807) is 6.08 Å². The standard InChI is InChI=1S/C17H20N8OS/c1-3-7-25-14(9-26-12-6-4-5-11(2)8-12)23-24-17(25)27-10-13-20-15(18)22-16(19)21-13/h3-6,8H,1,7,9-10H2,2H3,(H4,18,19,20,21,22). The first-order valence-corrected chi connectivity index (χ1v) is 9.15. The Labute approximate surface area is 160 Å². The Morgan fingerprint density at radius 1 is 1.19 bits per heavy atom. The summed E-state index contributed by atoms with van der Waals surface area (Å²) in [6.45, 7) is 6.67. The lowest BCUT2D eigenvalue weighted by atomic mass is 10.2. The Balaban J connectivity index is 1.71. The molecule has 4 N–H and O–H groups in total. The molecule has 0 unspecified atom stereocenters. The fraction of sp³-hybridized carbons (Fsp3) is 0.235. The number of aryl methyl sites for hydroxylation is 1. The number of benzene rings is 1. The van der Waals surface area contributed by atoms with Crippen molar-refractivity contribution in [1.29, 1.82) is 0 Å². The van der Waals surface area contributed by atoms with Gasteiger partial charge < -0.3 is 16.2 Å². The maximum Gasteiger partial charge on any atom is 0.225 e. The van der Waals surface area contributed by atoms with Gasteiger partial charge in [-0.1, -0.05) is 30.0 Å². The number of hydrogen-bond acceptors (Lipinski definition) is 9. The lowest BCUT2D eigenvalue weighted by Crippen LogP contribution is -2.08. The summed E-state index contributed by atoms with van der Waals surface area (Å²) in [5.41, 5.74) is 12.3. The highest BCUT2D eigenvalue weighted by Crippen LogP contribution is 2.22. The molecule has 0 spiro atoms. The van der Waals surface area contributed by atoms with Crippen molar-refractivity contribution < 1.29 is 4.74 Å². The van der Waals surface area contributed by atoms with Crippen molar-refractivity contribution in [3.63, 3.8) is 0 Å². The van der Waals surface area contributed by atoms with Crippen molar-refractivity contribution in [1.82, 2.24) is 29.7 Å². The van der Waals surface area contributed by atoms with E-state index in [0.717, 1.165) is 11.3 Å². The summed E-state index contributed by atoms with van der Waals surface area (Å²) in [5.74, 6) is 2.60. The van der Waals surface area contributed by atoms with Gasteiger partial charge >= 0.3 is 0 Å². The first-order chi connectivity index (χ1) is 13.0. The predicted molar refractivity (Wildman–Crippen MR) is 104 cm³/mol. The molecule has 3 rings (SSSR count). The van der Waals surface area contributed by atoms with Gasteiger partial charge in [0.1, 0.15) is 18.2 Å². The quantitative estimate of drug-likeness (QED) is 0.442. The second-order valence-electron chi connectivity index (χ2n) is 5.66. The van der Waals surface area contributed by atoms with Gasteiger partial charge in [0, 0.05) is 6.54 Å². The zero-order valence-electron chi connectivity index (χ0n) is 14.9. The number of thioether (sulfide) groups is 1. The molecule has 0 saturated heterocycles. The maximum absolute atomic E-state index is 5.83. The Morgan fingerprint density at radius 3 is 2.67 bits per heavy atom. The lowest BCUT2D eigenvalue weighted by molar-refractivity contribution is 0.289. The Kier molecular flexibility index (Phi) is 5.87. The van der Waals surface area contributed by atoms with Gasteiger partial charge in [-0.3, -0.25) is 4.57 Å². The van der Waals surface area contributed by atoms with Gasteiger partial charge in [0.25, 0.3) is 0 Å². The normalized spacial score (nSPS) is 10.7. The summed E-state index contributed by atoms with van der Waals surface area (Å²) >= 11 is 1.42. The van der Waals surface area contributed by atoms with E-state index in [-0.39, 0.29) is 11.9 Å². The molecule has 0 aliphatic rings. The first-order valence-electron chi connectivity index (χ1n) is 8.16. The molecule has 0 atom stereocenters. The molecule has 0 aliphatic carbocycles. The van der Waals surface area contributed by atoms with Gasteiger partial charge in [0.2, 0.25) is 11.9 Å². The van der Waals surface area contributed by atoms with Crippen molar-refractivity contribution in [2.45, 2.75) is 31.0 Å². The number of ether oxygens (including phenoxy) is 1. The summed E-state index contributed by atoms with van der Waals surface area (Å²) in [5, 5.41) is 9.18. The van der Waals surface area contributed by atoms with Crippen LogP contribution in [-0.4, -0.2) is 29.7 Å². The molecule has 2 heterocycles. The van der Waals surface area contributed by atoms with Crippen LogP contribution in [-0.2, 0) is 18.9 Å². The fourth-order valence-corrected chi connectivity index (χ4v) is 3.17. The van der Waals surface area contributed by atoms with Crippen molar-refractivity contribution in [3.8, 4) is 5.75 Å². The monoisotopic (exact) mass is 384 g/mol.